The summed E-state index contributed by atoms with van der Waals surface area (Å²) >= 11 is 0. The molecule has 1 N–H and O–H groups in total. The van der Waals surface area contributed by atoms with Gasteiger partial charge in [0.25, 0.3) is 11.8 Å². The van der Waals surface area contributed by atoms with Crippen molar-refractivity contribution in [1.82, 2.24) is 14.9 Å². The number of carbonyl (C=O) groups is 1. The van der Waals surface area contributed by atoms with Crippen molar-refractivity contribution in [2.75, 3.05) is 24.6 Å². The van der Waals surface area contributed by atoms with Crippen LogP contribution >= 0.6 is 0 Å². The number of anilines is 1. The molecule has 2 heterocycles. The monoisotopic (exact) mass is 404 g/mol. The number of aryl methyl sites for hydroxylation is 1. The molecule has 0 atom stereocenters. The van der Waals surface area contributed by atoms with E-state index in [0.29, 0.717) is 29.5 Å². The third-order valence-corrected chi connectivity index (χ3v) is 5.36. The molecule has 1 aromatic heterocycles. The van der Waals surface area contributed by atoms with Crippen LogP contribution in [0.1, 0.15) is 42.7 Å². The van der Waals surface area contributed by atoms with Crippen molar-refractivity contribution < 1.29 is 18.3 Å². The molecule has 0 bridgehead atoms. The van der Waals surface area contributed by atoms with Crippen molar-refractivity contribution >= 4 is 11.6 Å². The highest BCUT2D eigenvalue weighted by atomic mass is 19.3. The van der Waals surface area contributed by atoms with E-state index in [2.05, 4.69) is 10.3 Å². The standard InChI is InChI=1S/C21H26F2N4O2/c1-14-9-27(13-24-14)20(2,3)25-19(28)16-6-7-17(26-11-21(22,23)12-26)18(8-16)29-10-15-4-5-15/h6-9,13,15H,4-5,10-12H2,1-3H3,(H,25,28). The number of hydrogen-bond acceptors (Lipinski definition) is 4. The van der Waals surface area contributed by atoms with Crippen LogP contribution < -0.4 is 15.0 Å². The molecule has 1 amide bonds. The lowest BCUT2D eigenvalue weighted by Gasteiger charge is -2.41. The Bertz CT molecular complexity index is 913. The smallest absolute Gasteiger partial charge is 0.282 e. The van der Waals surface area contributed by atoms with Crippen molar-refractivity contribution in [3.63, 3.8) is 0 Å². The van der Waals surface area contributed by atoms with Crippen LogP contribution in [0.2, 0.25) is 0 Å². The molecule has 156 valence electrons. The third-order valence-electron chi connectivity index (χ3n) is 5.36. The van der Waals surface area contributed by atoms with Gasteiger partial charge in [-0.25, -0.2) is 13.8 Å². The van der Waals surface area contributed by atoms with Crippen LogP contribution in [0.3, 0.4) is 0 Å². The average Bonchev–Trinajstić information content (AvgIpc) is 3.35. The van der Waals surface area contributed by atoms with Crippen LogP contribution in [-0.2, 0) is 5.66 Å². The zero-order chi connectivity index (χ0) is 20.8. The molecule has 2 aliphatic rings. The molecule has 2 fully saturated rings. The Morgan fingerprint density at radius 1 is 1.34 bits per heavy atom. The number of hydrogen-bond donors (Lipinski definition) is 1. The van der Waals surface area contributed by atoms with Gasteiger partial charge in [-0.3, -0.25) is 4.79 Å². The first-order valence-corrected chi connectivity index (χ1v) is 9.86. The molecule has 0 radical (unpaired) electrons. The molecule has 2 aromatic rings. The molecule has 0 spiro atoms. The predicted octanol–water partition coefficient (Wildman–Crippen LogP) is 3.56. The fourth-order valence-electron chi connectivity index (χ4n) is 3.35. The molecule has 4 rings (SSSR count). The van der Waals surface area contributed by atoms with Gasteiger partial charge in [0, 0.05) is 11.8 Å². The Labute approximate surface area is 168 Å². The van der Waals surface area contributed by atoms with Crippen LogP contribution in [0.25, 0.3) is 0 Å². The molecular formula is C21H26F2N4O2. The minimum Gasteiger partial charge on any atom is -0.491 e. The summed E-state index contributed by atoms with van der Waals surface area (Å²) in [6.07, 6.45) is 5.77. The second-order valence-corrected chi connectivity index (χ2v) is 8.58. The quantitative estimate of drug-likeness (QED) is 0.767. The minimum absolute atomic E-state index is 0.266. The molecular weight excluding hydrogens is 378 g/mol. The van der Waals surface area contributed by atoms with E-state index in [4.69, 9.17) is 4.74 Å². The number of ether oxygens (including phenoxy) is 1. The van der Waals surface area contributed by atoms with Crippen molar-refractivity contribution in [3.05, 3.63) is 42.0 Å². The highest BCUT2D eigenvalue weighted by Crippen LogP contribution is 2.39. The first kappa shape index (κ1) is 19.7. The number of benzene rings is 1. The molecule has 1 saturated carbocycles. The van der Waals surface area contributed by atoms with Crippen LogP contribution in [0.5, 0.6) is 5.75 Å². The molecule has 1 saturated heterocycles. The zero-order valence-electron chi connectivity index (χ0n) is 16.9. The Kier molecular flexibility index (Phi) is 4.75. The summed E-state index contributed by atoms with van der Waals surface area (Å²) in [5.41, 5.74) is 1.22. The average molecular weight is 404 g/mol. The number of aromatic nitrogens is 2. The molecule has 29 heavy (non-hydrogen) atoms. The predicted molar refractivity (Wildman–Crippen MR) is 106 cm³/mol. The second kappa shape index (κ2) is 7.00. The van der Waals surface area contributed by atoms with Gasteiger partial charge in [-0.1, -0.05) is 0 Å². The van der Waals surface area contributed by atoms with Gasteiger partial charge in [-0.05, 0) is 57.7 Å². The minimum atomic E-state index is -2.67. The largest absolute Gasteiger partial charge is 0.491 e. The van der Waals surface area contributed by atoms with Gasteiger partial charge in [0.05, 0.1) is 37.4 Å². The van der Waals surface area contributed by atoms with Gasteiger partial charge in [0.15, 0.2) is 0 Å². The van der Waals surface area contributed by atoms with E-state index in [9.17, 15) is 13.6 Å². The number of imidazole rings is 1. The topological polar surface area (TPSA) is 59.4 Å². The van der Waals surface area contributed by atoms with Crippen LogP contribution in [-0.4, -0.2) is 41.1 Å². The molecule has 6 nitrogen and oxygen atoms in total. The van der Waals surface area contributed by atoms with Gasteiger partial charge in [-0.2, -0.15) is 0 Å². The number of nitrogens with one attached hydrogen (secondary N) is 1. The van der Waals surface area contributed by atoms with Crippen molar-refractivity contribution in [1.29, 1.82) is 0 Å². The van der Waals surface area contributed by atoms with Crippen LogP contribution in [0.15, 0.2) is 30.7 Å². The van der Waals surface area contributed by atoms with E-state index in [1.54, 1.807) is 29.4 Å². The number of nitrogens with zero attached hydrogens (tertiary/aromatic N) is 3. The molecule has 1 aromatic carbocycles. The highest BCUT2D eigenvalue weighted by molar-refractivity contribution is 5.95. The molecule has 0 unspecified atom stereocenters. The lowest BCUT2D eigenvalue weighted by atomic mass is 10.1. The van der Waals surface area contributed by atoms with Gasteiger partial charge >= 0.3 is 0 Å². The van der Waals surface area contributed by atoms with E-state index >= 15 is 0 Å². The maximum absolute atomic E-state index is 13.3. The Hall–Kier alpha value is -2.64. The third kappa shape index (κ3) is 4.36. The summed E-state index contributed by atoms with van der Waals surface area (Å²) in [5, 5.41) is 2.99. The second-order valence-electron chi connectivity index (χ2n) is 8.58. The van der Waals surface area contributed by atoms with E-state index < -0.39 is 11.6 Å². The van der Waals surface area contributed by atoms with Crippen LogP contribution in [0.4, 0.5) is 14.5 Å². The summed E-state index contributed by atoms with van der Waals surface area (Å²) < 4.78 is 34.4. The van der Waals surface area contributed by atoms with Crippen LogP contribution in [0, 0.1) is 12.8 Å². The normalized spacial score (nSPS) is 18.3. The fourth-order valence-corrected chi connectivity index (χ4v) is 3.35. The Morgan fingerprint density at radius 3 is 2.66 bits per heavy atom. The first-order valence-electron chi connectivity index (χ1n) is 9.86. The summed E-state index contributed by atoms with van der Waals surface area (Å²) in [6, 6.07) is 5.00. The maximum Gasteiger partial charge on any atom is 0.282 e. The summed E-state index contributed by atoms with van der Waals surface area (Å²) in [7, 11) is 0. The number of halogens is 2. The highest BCUT2D eigenvalue weighted by Gasteiger charge is 2.45. The van der Waals surface area contributed by atoms with E-state index in [1.807, 2.05) is 31.5 Å². The molecule has 1 aliphatic carbocycles. The van der Waals surface area contributed by atoms with E-state index in [1.165, 1.54) is 0 Å². The molecule has 8 heteroatoms. The van der Waals surface area contributed by atoms with E-state index in [0.717, 1.165) is 18.5 Å². The van der Waals surface area contributed by atoms with Gasteiger partial charge < -0.3 is 19.5 Å². The van der Waals surface area contributed by atoms with Crippen molar-refractivity contribution in [2.45, 2.75) is 45.2 Å². The number of rotatable bonds is 7. The molecule has 1 aliphatic heterocycles. The van der Waals surface area contributed by atoms with E-state index in [-0.39, 0.29) is 19.0 Å². The lowest BCUT2D eigenvalue weighted by molar-refractivity contribution is -0.0265. The first-order chi connectivity index (χ1) is 13.6. The van der Waals surface area contributed by atoms with Crippen molar-refractivity contribution in [3.8, 4) is 5.75 Å². The Balaban J connectivity index is 1.53. The van der Waals surface area contributed by atoms with Gasteiger partial charge in [-0.15, -0.1) is 0 Å². The fraction of sp³-hybridized carbons (Fsp3) is 0.524. The van der Waals surface area contributed by atoms with Crippen molar-refractivity contribution in [2.24, 2.45) is 5.92 Å². The number of amides is 1. The summed E-state index contributed by atoms with van der Waals surface area (Å²) in [6.45, 7) is 5.54. The zero-order valence-corrected chi connectivity index (χ0v) is 16.9. The van der Waals surface area contributed by atoms with Gasteiger partial charge in [0.1, 0.15) is 11.4 Å². The lowest BCUT2D eigenvalue weighted by Crippen LogP contribution is -2.56. The Morgan fingerprint density at radius 2 is 2.07 bits per heavy atom. The summed E-state index contributed by atoms with van der Waals surface area (Å²) in [5.74, 6) is -1.94. The van der Waals surface area contributed by atoms with Gasteiger partial charge in [0.2, 0.25) is 0 Å². The SMILES string of the molecule is Cc1cn(C(C)(C)NC(=O)c2ccc(N3CC(F)(F)C3)c(OCC3CC3)c2)cn1. The number of carbonyl (C=O) groups excluding carboxylic acids is 1. The maximum atomic E-state index is 13.3. The number of alkyl halides is 2. The summed E-state index contributed by atoms with van der Waals surface area (Å²) in [4.78, 5) is 18.7.